The van der Waals surface area contributed by atoms with E-state index in [1.807, 2.05) is 12.1 Å². The minimum Gasteiger partial charge on any atom is -0.495 e. The predicted molar refractivity (Wildman–Crippen MR) is 151 cm³/mol. The summed E-state index contributed by atoms with van der Waals surface area (Å²) in [5.41, 5.74) is 4.33. The number of ether oxygens (including phenoxy) is 1. The number of aryl methyl sites for hydroxylation is 2. The summed E-state index contributed by atoms with van der Waals surface area (Å²) in [7, 11) is 3.13. The molecule has 2 aromatic heterocycles. The van der Waals surface area contributed by atoms with Crippen LogP contribution in [-0.4, -0.2) is 59.0 Å². The SMILES string of the molecule is CCN1C(C)=CN(c2ccc(Nc3ncc(CCc4cc(C(=O)NC)cc(OC)c4Cl)cn3)cn2)C[C@@H]1C. The van der Waals surface area contributed by atoms with E-state index >= 15 is 0 Å². The van der Waals surface area contributed by atoms with Crippen LogP contribution in [0.15, 0.2) is 54.8 Å². The van der Waals surface area contributed by atoms with Crippen molar-refractivity contribution in [3.05, 3.63) is 76.5 Å². The first-order chi connectivity index (χ1) is 18.3. The Morgan fingerprint density at radius 1 is 1.16 bits per heavy atom. The number of nitrogens with zero attached hydrogens (tertiary/aromatic N) is 5. The summed E-state index contributed by atoms with van der Waals surface area (Å²) in [5, 5.41) is 6.34. The van der Waals surface area contributed by atoms with E-state index in [2.05, 4.69) is 62.4 Å². The van der Waals surface area contributed by atoms with Crippen molar-refractivity contribution in [1.29, 1.82) is 0 Å². The lowest BCUT2D eigenvalue weighted by molar-refractivity contribution is 0.0962. The lowest BCUT2D eigenvalue weighted by Crippen LogP contribution is -2.44. The van der Waals surface area contributed by atoms with Crippen molar-refractivity contribution in [1.82, 2.24) is 25.2 Å². The van der Waals surface area contributed by atoms with E-state index in [1.54, 1.807) is 37.8 Å². The number of aromatic nitrogens is 3. The summed E-state index contributed by atoms with van der Waals surface area (Å²) in [4.78, 5) is 30.2. The number of nitrogens with one attached hydrogen (secondary N) is 2. The van der Waals surface area contributed by atoms with Gasteiger partial charge in [0.2, 0.25) is 5.95 Å². The number of hydrogen-bond acceptors (Lipinski definition) is 8. The molecule has 3 heterocycles. The van der Waals surface area contributed by atoms with Crippen molar-refractivity contribution in [3.8, 4) is 5.75 Å². The quantitative estimate of drug-likeness (QED) is 0.403. The van der Waals surface area contributed by atoms with E-state index in [-0.39, 0.29) is 5.91 Å². The van der Waals surface area contributed by atoms with Crippen molar-refractivity contribution >= 4 is 35.0 Å². The van der Waals surface area contributed by atoms with Crippen molar-refractivity contribution in [2.75, 3.05) is 37.5 Å². The van der Waals surface area contributed by atoms with Crippen molar-refractivity contribution < 1.29 is 9.53 Å². The second kappa shape index (κ2) is 12.1. The number of amides is 1. The summed E-state index contributed by atoms with van der Waals surface area (Å²) in [6.07, 6.45) is 8.79. The minimum atomic E-state index is -0.192. The number of hydrogen-bond donors (Lipinski definition) is 2. The van der Waals surface area contributed by atoms with E-state index in [4.69, 9.17) is 16.3 Å². The summed E-state index contributed by atoms with van der Waals surface area (Å²) >= 11 is 6.49. The monoisotopic (exact) mass is 535 g/mol. The zero-order valence-corrected chi connectivity index (χ0v) is 23.2. The maximum atomic E-state index is 12.1. The Hall–Kier alpha value is -3.85. The lowest BCUT2D eigenvalue weighted by atomic mass is 10.0. The Bertz CT molecular complexity index is 1300. The Morgan fingerprint density at radius 3 is 2.53 bits per heavy atom. The lowest BCUT2D eigenvalue weighted by Gasteiger charge is -2.39. The van der Waals surface area contributed by atoms with Gasteiger partial charge in [0.25, 0.3) is 5.91 Å². The molecule has 200 valence electrons. The molecule has 3 aromatic rings. The van der Waals surface area contributed by atoms with Gasteiger partial charge in [0.15, 0.2) is 0 Å². The zero-order chi connectivity index (χ0) is 27.2. The fourth-order valence-electron chi connectivity index (χ4n) is 4.65. The van der Waals surface area contributed by atoms with Crippen molar-refractivity contribution in [3.63, 3.8) is 0 Å². The third-order valence-electron chi connectivity index (χ3n) is 6.64. The van der Waals surface area contributed by atoms with Crippen LogP contribution in [0.3, 0.4) is 0 Å². The van der Waals surface area contributed by atoms with Crippen LogP contribution < -0.4 is 20.3 Å². The maximum Gasteiger partial charge on any atom is 0.251 e. The number of halogens is 1. The Labute approximate surface area is 228 Å². The number of methoxy groups -OCH3 is 1. The number of anilines is 3. The normalized spacial score (nSPS) is 15.2. The van der Waals surface area contributed by atoms with Gasteiger partial charge in [-0.25, -0.2) is 15.0 Å². The largest absolute Gasteiger partial charge is 0.495 e. The average molecular weight is 536 g/mol. The molecule has 0 spiro atoms. The number of rotatable bonds is 9. The van der Waals surface area contributed by atoms with Crippen LogP contribution in [0.5, 0.6) is 5.75 Å². The first kappa shape index (κ1) is 27.2. The molecular weight excluding hydrogens is 502 g/mol. The summed E-state index contributed by atoms with van der Waals surface area (Å²) < 4.78 is 5.35. The molecule has 9 nitrogen and oxygen atoms in total. The molecule has 2 N–H and O–H groups in total. The number of carbonyl (C=O) groups excluding carboxylic acids is 1. The summed E-state index contributed by atoms with van der Waals surface area (Å²) in [6.45, 7) is 8.44. The molecule has 10 heteroatoms. The summed E-state index contributed by atoms with van der Waals surface area (Å²) in [6, 6.07) is 7.84. The predicted octanol–water partition coefficient (Wildman–Crippen LogP) is 4.81. The fraction of sp³-hybridized carbons (Fsp3) is 0.357. The smallest absolute Gasteiger partial charge is 0.251 e. The van der Waals surface area contributed by atoms with E-state index in [0.29, 0.717) is 41.2 Å². The van der Waals surface area contributed by atoms with Gasteiger partial charge >= 0.3 is 0 Å². The topological polar surface area (TPSA) is 95.5 Å². The molecule has 0 radical (unpaired) electrons. The Balaban J connectivity index is 1.38. The van der Waals surface area contributed by atoms with Gasteiger partial charge in [-0.15, -0.1) is 0 Å². The Kier molecular flexibility index (Phi) is 8.68. The van der Waals surface area contributed by atoms with Crippen LogP contribution in [0.25, 0.3) is 0 Å². The first-order valence-electron chi connectivity index (χ1n) is 12.7. The number of benzene rings is 1. The van der Waals surface area contributed by atoms with Crippen LogP contribution in [0.1, 0.15) is 42.3 Å². The van der Waals surface area contributed by atoms with Crippen LogP contribution in [-0.2, 0) is 12.8 Å². The van der Waals surface area contributed by atoms with Crippen LogP contribution in [0.4, 0.5) is 17.5 Å². The number of allylic oxidation sites excluding steroid dienone is 1. The van der Waals surface area contributed by atoms with Gasteiger partial charge in [-0.05, 0) is 69.0 Å². The van der Waals surface area contributed by atoms with E-state index < -0.39 is 0 Å². The fourth-order valence-corrected chi connectivity index (χ4v) is 4.93. The van der Waals surface area contributed by atoms with E-state index in [1.165, 1.54) is 12.8 Å². The number of pyridine rings is 1. The molecule has 0 saturated carbocycles. The molecule has 1 atom stereocenters. The highest BCUT2D eigenvalue weighted by Gasteiger charge is 2.22. The Morgan fingerprint density at radius 2 is 1.92 bits per heavy atom. The van der Waals surface area contributed by atoms with Crippen molar-refractivity contribution in [2.24, 2.45) is 0 Å². The van der Waals surface area contributed by atoms with Gasteiger partial charge in [-0.1, -0.05) is 11.6 Å². The van der Waals surface area contributed by atoms with Gasteiger partial charge in [0.1, 0.15) is 11.6 Å². The molecule has 0 unspecified atom stereocenters. The van der Waals surface area contributed by atoms with Gasteiger partial charge < -0.3 is 25.2 Å². The van der Waals surface area contributed by atoms with Crippen molar-refractivity contribution in [2.45, 2.75) is 39.7 Å². The van der Waals surface area contributed by atoms with Gasteiger partial charge in [-0.2, -0.15) is 0 Å². The highest BCUT2D eigenvalue weighted by Crippen LogP contribution is 2.31. The third kappa shape index (κ3) is 6.16. The molecule has 1 aliphatic rings. The van der Waals surface area contributed by atoms with E-state index in [9.17, 15) is 4.79 Å². The molecule has 0 saturated heterocycles. The maximum absolute atomic E-state index is 12.1. The van der Waals surface area contributed by atoms with Crippen LogP contribution >= 0.6 is 11.6 Å². The highest BCUT2D eigenvalue weighted by atomic mass is 35.5. The highest BCUT2D eigenvalue weighted by molar-refractivity contribution is 6.33. The van der Waals surface area contributed by atoms with Gasteiger partial charge in [-0.3, -0.25) is 4.79 Å². The molecule has 0 bridgehead atoms. The molecule has 4 rings (SSSR count). The number of carbonyl (C=O) groups is 1. The van der Waals surface area contributed by atoms with Gasteiger partial charge in [0, 0.05) is 56.0 Å². The first-order valence-corrected chi connectivity index (χ1v) is 13.0. The number of likely N-dealkylation sites (N-methyl/N-ethyl adjacent to an activating group) is 1. The molecule has 1 amide bonds. The standard InChI is InChI=1S/C28H34ClN7O2/c1-6-36-18(2)16-35(17-19(36)3)25-10-9-23(15-31-25)34-28-32-13-20(14-33-28)7-8-21-11-22(27(37)30-4)12-24(38-5)26(21)29/h9-16,19H,6-8,17H2,1-5H3,(H,30,37)(H,32,33,34)/t19-/m0/s1. The second-order valence-corrected chi connectivity index (χ2v) is 9.61. The van der Waals surface area contributed by atoms with Gasteiger partial charge in [0.05, 0.1) is 24.0 Å². The summed E-state index contributed by atoms with van der Waals surface area (Å²) in [5.74, 6) is 1.68. The van der Waals surface area contributed by atoms with Crippen LogP contribution in [0.2, 0.25) is 5.02 Å². The molecule has 0 fully saturated rings. The average Bonchev–Trinajstić information content (AvgIpc) is 2.93. The minimum absolute atomic E-state index is 0.192. The van der Waals surface area contributed by atoms with Crippen LogP contribution in [0, 0.1) is 0 Å². The van der Waals surface area contributed by atoms with E-state index in [0.717, 1.165) is 35.7 Å². The second-order valence-electron chi connectivity index (χ2n) is 9.23. The third-order valence-corrected chi connectivity index (χ3v) is 7.07. The molecule has 38 heavy (non-hydrogen) atoms. The zero-order valence-electron chi connectivity index (χ0n) is 22.5. The molecular formula is C28H34ClN7O2. The molecule has 1 aromatic carbocycles. The molecule has 1 aliphatic heterocycles. The molecule has 0 aliphatic carbocycles.